The van der Waals surface area contributed by atoms with Crippen LogP contribution >= 0.6 is 23.2 Å². The quantitative estimate of drug-likeness (QED) is 0.325. The van der Waals surface area contributed by atoms with Crippen molar-refractivity contribution >= 4 is 40.6 Å². The number of halogens is 2. The van der Waals surface area contributed by atoms with Gasteiger partial charge in [0, 0.05) is 11.2 Å². The summed E-state index contributed by atoms with van der Waals surface area (Å²) < 4.78 is 8.42. The van der Waals surface area contributed by atoms with Gasteiger partial charge in [0.15, 0.2) is 11.6 Å². The number of amides is 1. The molecule has 1 amide bonds. The van der Waals surface area contributed by atoms with Gasteiger partial charge in [-0.25, -0.2) is 0 Å². The van der Waals surface area contributed by atoms with E-state index in [4.69, 9.17) is 27.6 Å². The molecular formula is C19H14Cl2N6O4. The fourth-order valence-electron chi connectivity index (χ4n) is 2.81. The molecule has 0 radical (unpaired) electrons. The highest BCUT2D eigenvalue weighted by Gasteiger charge is 2.17. The first-order valence-electron chi connectivity index (χ1n) is 8.92. The van der Waals surface area contributed by atoms with Crippen molar-refractivity contribution in [3.63, 3.8) is 0 Å². The van der Waals surface area contributed by atoms with E-state index in [1.807, 2.05) is 18.2 Å². The zero-order valence-corrected chi connectivity index (χ0v) is 17.2. The van der Waals surface area contributed by atoms with Crippen molar-refractivity contribution < 1.29 is 14.1 Å². The van der Waals surface area contributed by atoms with Crippen molar-refractivity contribution in [1.82, 2.24) is 19.6 Å². The average molecular weight is 461 g/mol. The third-order valence-corrected chi connectivity index (χ3v) is 4.92. The number of carbonyl (C=O) groups excluding carboxylic acids is 1. The zero-order valence-electron chi connectivity index (χ0n) is 15.7. The third kappa shape index (κ3) is 4.76. The third-order valence-electron chi connectivity index (χ3n) is 4.27. The molecule has 0 aliphatic carbocycles. The minimum absolute atomic E-state index is 0.0355. The first-order chi connectivity index (χ1) is 14.9. The van der Waals surface area contributed by atoms with Gasteiger partial charge < -0.3 is 9.73 Å². The summed E-state index contributed by atoms with van der Waals surface area (Å²) in [6.45, 7) is 0.518. The molecule has 158 valence electrons. The van der Waals surface area contributed by atoms with Crippen molar-refractivity contribution in [2.45, 2.75) is 13.1 Å². The summed E-state index contributed by atoms with van der Waals surface area (Å²) in [5.41, 5.74) is 0.724. The first-order valence-corrected chi connectivity index (χ1v) is 9.68. The predicted octanol–water partition coefficient (Wildman–Crippen LogP) is 4.24. The minimum atomic E-state index is -0.543. The number of nitrogens with one attached hydrogen (secondary N) is 1. The lowest BCUT2D eigenvalue weighted by atomic mass is 10.2. The second kappa shape index (κ2) is 8.62. The van der Waals surface area contributed by atoms with Crippen LogP contribution in [0.4, 0.5) is 11.5 Å². The van der Waals surface area contributed by atoms with Crippen LogP contribution in [-0.2, 0) is 13.1 Å². The molecule has 1 N–H and O–H groups in total. The molecule has 3 aromatic heterocycles. The van der Waals surface area contributed by atoms with Gasteiger partial charge in [0.2, 0.25) is 0 Å². The number of benzene rings is 1. The smallest absolute Gasteiger partial charge is 0.307 e. The monoisotopic (exact) mass is 460 g/mol. The van der Waals surface area contributed by atoms with E-state index >= 15 is 0 Å². The highest BCUT2D eigenvalue weighted by atomic mass is 35.5. The summed E-state index contributed by atoms with van der Waals surface area (Å²) in [5, 5.41) is 22.4. The Bertz CT molecular complexity index is 1260. The Morgan fingerprint density at radius 3 is 2.65 bits per heavy atom. The van der Waals surface area contributed by atoms with Gasteiger partial charge in [-0.1, -0.05) is 41.4 Å². The van der Waals surface area contributed by atoms with Crippen LogP contribution in [0.5, 0.6) is 0 Å². The molecule has 10 nitrogen and oxygen atoms in total. The number of furan rings is 1. The second-order valence-corrected chi connectivity index (χ2v) is 7.30. The average Bonchev–Trinajstić information content (AvgIpc) is 3.45. The summed E-state index contributed by atoms with van der Waals surface area (Å²) in [6, 6.07) is 10.4. The van der Waals surface area contributed by atoms with Crippen molar-refractivity contribution in [2.75, 3.05) is 5.32 Å². The Kier molecular flexibility index (Phi) is 5.74. The van der Waals surface area contributed by atoms with Crippen LogP contribution in [0.15, 0.2) is 59.4 Å². The molecule has 0 atom stereocenters. The lowest BCUT2D eigenvalue weighted by Gasteiger charge is -2.04. The standard InChI is InChI=1S/C19H14Cl2N6O4/c20-15-4-2-1-3-12(15)8-26-11-16(21)18(24-26)23-19(28)17-6-5-14(31-17)10-25-9-13(7-22-25)27(29)30/h1-7,9,11H,8,10H2,(H,23,24,28). The van der Waals surface area contributed by atoms with Crippen molar-refractivity contribution in [2.24, 2.45) is 0 Å². The number of carbonyl (C=O) groups is 1. The van der Waals surface area contributed by atoms with E-state index in [9.17, 15) is 14.9 Å². The van der Waals surface area contributed by atoms with Crippen LogP contribution in [-0.4, -0.2) is 30.4 Å². The number of anilines is 1. The van der Waals surface area contributed by atoms with E-state index in [-0.39, 0.29) is 28.8 Å². The molecular weight excluding hydrogens is 447 g/mol. The maximum Gasteiger partial charge on any atom is 0.307 e. The second-order valence-electron chi connectivity index (χ2n) is 6.49. The number of hydrogen-bond acceptors (Lipinski definition) is 6. The summed E-state index contributed by atoms with van der Waals surface area (Å²) >= 11 is 12.4. The van der Waals surface area contributed by atoms with Crippen LogP contribution in [0, 0.1) is 10.1 Å². The van der Waals surface area contributed by atoms with E-state index in [0.717, 1.165) is 11.8 Å². The van der Waals surface area contributed by atoms with Gasteiger partial charge in [0.25, 0.3) is 5.91 Å². The number of rotatable bonds is 7. The van der Waals surface area contributed by atoms with Gasteiger partial charge in [-0.05, 0) is 23.8 Å². The molecule has 4 rings (SSSR count). The number of nitrogens with zero attached hydrogens (tertiary/aromatic N) is 5. The van der Waals surface area contributed by atoms with Crippen LogP contribution in [0.3, 0.4) is 0 Å². The van der Waals surface area contributed by atoms with E-state index in [1.54, 1.807) is 23.0 Å². The SMILES string of the molecule is O=C(Nc1nn(Cc2ccccc2Cl)cc1Cl)c1ccc(Cn2cc([N+](=O)[O-])cn2)o1. The van der Waals surface area contributed by atoms with Crippen LogP contribution in [0.25, 0.3) is 0 Å². The van der Waals surface area contributed by atoms with E-state index in [1.165, 1.54) is 16.9 Å². The molecule has 0 spiro atoms. The lowest BCUT2D eigenvalue weighted by molar-refractivity contribution is -0.385. The molecule has 0 saturated carbocycles. The first kappa shape index (κ1) is 20.6. The van der Waals surface area contributed by atoms with Gasteiger partial charge in [0.1, 0.15) is 23.2 Å². The van der Waals surface area contributed by atoms with Crippen molar-refractivity contribution in [1.29, 1.82) is 0 Å². The molecule has 0 fully saturated rings. The van der Waals surface area contributed by atoms with Gasteiger partial charge in [-0.15, -0.1) is 0 Å². The largest absolute Gasteiger partial charge is 0.454 e. The van der Waals surface area contributed by atoms with Crippen LogP contribution in [0.1, 0.15) is 21.9 Å². The number of aromatic nitrogens is 4. The fourth-order valence-corrected chi connectivity index (χ4v) is 3.20. The number of hydrogen-bond donors (Lipinski definition) is 1. The van der Waals surface area contributed by atoms with Crippen LogP contribution in [0.2, 0.25) is 10.0 Å². The highest BCUT2D eigenvalue weighted by Crippen LogP contribution is 2.23. The van der Waals surface area contributed by atoms with Crippen LogP contribution < -0.4 is 5.32 Å². The number of nitro groups is 1. The maximum absolute atomic E-state index is 12.5. The Morgan fingerprint density at radius 1 is 1.10 bits per heavy atom. The van der Waals surface area contributed by atoms with Crippen molar-refractivity contribution in [3.8, 4) is 0 Å². The maximum atomic E-state index is 12.5. The summed E-state index contributed by atoms with van der Waals surface area (Å²) in [6.07, 6.45) is 3.99. The van der Waals surface area contributed by atoms with Gasteiger partial charge in [-0.3, -0.25) is 24.3 Å². The van der Waals surface area contributed by atoms with E-state index < -0.39 is 10.8 Å². The molecule has 0 saturated heterocycles. The molecule has 3 heterocycles. The Hall–Kier alpha value is -3.63. The molecule has 1 aromatic carbocycles. The van der Waals surface area contributed by atoms with E-state index in [2.05, 4.69) is 15.5 Å². The fraction of sp³-hybridized carbons (Fsp3) is 0.105. The summed E-state index contributed by atoms with van der Waals surface area (Å²) in [4.78, 5) is 22.7. The molecule has 0 bridgehead atoms. The molecule has 0 unspecified atom stereocenters. The molecule has 0 aliphatic heterocycles. The minimum Gasteiger partial charge on any atom is -0.454 e. The van der Waals surface area contributed by atoms with E-state index in [0.29, 0.717) is 17.3 Å². The Morgan fingerprint density at radius 2 is 1.90 bits per heavy atom. The van der Waals surface area contributed by atoms with Gasteiger partial charge in [-0.2, -0.15) is 10.2 Å². The summed E-state index contributed by atoms with van der Waals surface area (Å²) in [7, 11) is 0. The summed E-state index contributed by atoms with van der Waals surface area (Å²) in [5.74, 6) is 0.0776. The normalized spacial score (nSPS) is 10.9. The van der Waals surface area contributed by atoms with Gasteiger partial charge >= 0.3 is 5.69 Å². The Labute approximate surface area is 185 Å². The lowest BCUT2D eigenvalue weighted by Crippen LogP contribution is -2.12. The zero-order chi connectivity index (χ0) is 22.0. The molecule has 0 aliphatic rings. The molecule has 31 heavy (non-hydrogen) atoms. The predicted molar refractivity (Wildman–Crippen MR) is 112 cm³/mol. The Balaban J connectivity index is 1.42. The molecule has 12 heteroatoms. The van der Waals surface area contributed by atoms with Gasteiger partial charge in [0.05, 0.1) is 18.0 Å². The molecule has 4 aromatic rings. The van der Waals surface area contributed by atoms with Crippen molar-refractivity contribution in [3.05, 3.63) is 92.2 Å². The topological polar surface area (TPSA) is 121 Å². The highest BCUT2D eigenvalue weighted by molar-refractivity contribution is 6.33.